The first kappa shape index (κ1) is 12.2. The summed E-state index contributed by atoms with van der Waals surface area (Å²) < 4.78 is 7.43. The van der Waals surface area contributed by atoms with Gasteiger partial charge in [0.25, 0.3) is 0 Å². The summed E-state index contributed by atoms with van der Waals surface area (Å²) in [6.07, 6.45) is 2.94. The predicted octanol–water partition coefficient (Wildman–Crippen LogP) is 1.93. The molecule has 1 aliphatic heterocycles. The van der Waals surface area contributed by atoms with Gasteiger partial charge in [0.2, 0.25) is 0 Å². The number of anilines is 1. The summed E-state index contributed by atoms with van der Waals surface area (Å²) >= 11 is 0. The minimum Gasteiger partial charge on any atom is -0.399 e. The molecule has 0 saturated carbocycles. The van der Waals surface area contributed by atoms with Crippen molar-refractivity contribution in [3.63, 3.8) is 0 Å². The molecule has 5 nitrogen and oxygen atoms in total. The molecule has 1 aliphatic rings. The molecule has 5 heteroatoms. The molecule has 1 unspecified atom stereocenters. The summed E-state index contributed by atoms with van der Waals surface area (Å²) in [5.74, 6) is 1.81. The molecule has 0 aliphatic carbocycles. The first-order valence-corrected chi connectivity index (χ1v) is 6.57. The van der Waals surface area contributed by atoms with Crippen molar-refractivity contribution < 1.29 is 4.74 Å². The van der Waals surface area contributed by atoms with Gasteiger partial charge in [-0.25, -0.2) is 9.67 Å². The highest BCUT2D eigenvalue weighted by Gasteiger charge is 2.23. The minimum atomic E-state index is 0.0846. The number of methoxy groups -OCH3 is 1. The fourth-order valence-corrected chi connectivity index (χ4v) is 2.48. The van der Waals surface area contributed by atoms with Crippen LogP contribution in [0.2, 0.25) is 0 Å². The molecular weight excluding hydrogens is 240 g/mol. The predicted molar refractivity (Wildman–Crippen MR) is 72.7 cm³/mol. The van der Waals surface area contributed by atoms with Crippen LogP contribution >= 0.6 is 0 Å². The summed E-state index contributed by atoms with van der Waals surface area (Å²) in [7, 11) is 1.73. The number of fused-ring (bicyclic) bond motifs is 1. The number of rotatable bonds is 3. The van der Waals surface area contributed by atoms with Crippen molar-refractivity contribution in [3.05, 3.63) is 41.5 Å². The van der Waals surface area contributed by atoms with Crippen LogP contribution in [0.5, 0.6) is 0 Å². The smallest absolute Gasteiger partial charge is 0.156 e. The fraction of sp³-hybridized carbons (Fsp3) is 0.429. The average Bonchev–Trinajstić information content (AvgIpc) is 2.83. The van der Waals surface area contributed by atoms with Crippen molar-refractivity contribution in [2.45, 2.75) is 31.9 Å². The van der Waals surface area contributed by atoms with E-state index in [1.807, 2.05) is 28.9 Å². The van der Waals surface area contributed by atoms with E-state index >= 15 is 0 Å². The molecule has 2 heterocycles. The first-order valence-electron chi connectivity index (χ1n) is 6.57. The third-order valence-electron chi connectivity index (χ3n) is 3.49. The van der Waals surface area contributed by atoms with Gasteiger partial charge in [-0.05, 0) is 30.5 Å². The minimum absolute atomic E-state index is 0.0846. The van der Waals surface area contributed by atoms with Gasteiger partial charge in [0.1, 0.15) is 6.10 Å². The molecule has 0 radical (unpaired) electrons. The van der Waals surface area contributed by atoms with Crippen LogP contribution in [0.4, 0.5) is 5.69 Å². The topological polar surface area (TPSA) is 66.0 Å². The summed E-state index contributed by atoms with van der Waals surface area (Å²) in [5.41, 5.74) is 7.63. The Kier molecular flexibility index (Phi) is 3.21. The van der Waals surface area contributed by atoms with Gasteiger partial charge in [-0.2, -0.15) is 5.10 Å². The second-order valence-corrected chi connectivity index (χ2v) is 4.89. The molecule has 1 aromatic heterocycles. The standard InChI is InChI=1S/C14H18N4O/c1-19-12-3-2-8-18-14(12)16-13(17-18)9-10-4-6-11(15)7-5-10/h4-7,12H,2-3,8-9,15H2,1H3. The Labute approximate surface area is 112 Å². The van der Waals surface area contributed by atoms with Crippen LogP contribution in [0.25, 0.3) is 0 Å². The number of aryl methyl sites for hydroxylation is 1. The van der Waals surface area contributed by atoms with E-state index in [0.29, 0.717) is 0 Å². The third kappa shape index (κ3) is 2.46. The number of nitrogens with zero attached hydrogens (tertiary/aromatic N) is 3. The van der Waals surface area contributed by atoms with Gasteiger partial charge in [-0.15, -0.1) is 0 Å². The Bertz CT molecular complexity index is 561. The SMILES string of the molecule is COC1CCCn2nc(Cc3ccc(N)cc3)nc21. The largest absolute Gasteiger partial charge is 0.399 e. The number of nitrogen functional groups attached to an aromatic ring is 1. The van der Waals surface area contributed by atoms with Crippen LogP contribution in [0, 0.1) is 0 Å². The molecule has 0 amide bonds. The molecule has 0 fully saturated rings. The Morgan fingerprint density at radius 3 is 2.89 bits per heavy atom. The molecule has 2 aromatic rings. The van der Waals surface area contributed by atoms with E-state index in [1.54, 1.807) is 7.11 Å². The lowest BCUT2D eigenvalue weighted by Gasteiger charge is -2.20. The van der Waals surface area contributed by atoms with Gasteiger partial charge in [0, 0.05) is 25.8 Å². The highest BCUT2D eigenvalue weighted by Crippen LogP contribution is 2.26. The maximum atomic E-state index is 5.68. The molecule has 0 bridgehead atoms. The summed E-state index contributed by atoms with van der Waals surface area (Å²) in [5, 5.41) is 4.56. The molecule has 3 rings (SSSR count). The summed E-state index contributed by atoms with van der Waals surface area (Å²) in [4.78, 5) is 4.62. The molecule has 1 atom stereocenters. The lowest BCUT2D eigenvalue weighted by molar-refractivity contribution is 0.0697. The monoisotopic (exact) mass is 258 g/mol. The number of aromatic nitrogens is 3. The highest BCUT2D eigenvalue weighted by atomic mass is 16.5. The maximum absolute atomic E-state index is 5.68. The molecule has 0 spiro atoms. The van der Waals surface area contributed by atoms with E-state index in [1.165, 1.54) is 5.56 Å². The van der Waals surface area contributed by atoms with E-state index in [9.17, 15) is 0 Å². The van der Waals surface area contributed by atoms with Crippen LogP contribution in [0.15, 0.2) is 24.3 Å². The van der Waals surface area contributed by atoms with Crippen LogP contribution < -0.4 is 5.73 Å². The van der Waals surface area contributed by atoms with Gasteiger partial charge in [-0.3, -0.25) is 0 Å². The van der Waals surface area contributed by atoms with Crippen LogP contribution in [-0.4, -0.2) is 21.9 Å². The molecule has 0 saturated heterocycles. The lowest BCUT2D eigenvalue weighted by atomic mass is 10.1. The second-order valence-electron chi connectivity index (χ2n) is 4.89. The van der Waals surface area contributed by atoms with Gasteiger partial charge < -0.3 is 10.5 Å². The van der Waals surface area contributed by atoms with Crippen molar-refractivity contribution in [1.82, 2.24) is 14.8 Å². The lowest BCUT2D eigenvalue weighted by Crippen LogP contribution is -2.18. The normalized spacial score (nSPS) is 18.3. The summed E-state index contributed by atoms with van der Waals surface area (Å²) in [6.45, 7) is 0.934. The number of hydrogen-bond acceptors (Lipinski definition) is 4. The van der Waals surface area contributed by atoms with E-state index in [-0.39, 0.29) is 6.10 Å². The Morgan fingerprint density at radius 1 is 1.37 bits per heavy atom. The third-order valence-corrected chi connectivity index (χ3v) is 3.49. The average molecular weight is 258 g/mol. The Balaban J connectivity index is 1.82. The van der Waals surface area contributed by atoms with E-state index < -0.39 is 0 Å². The van der Waals surface area contributed by atoms with Crippen molar-refractivity contribution in [1.29, 1.82) is 0 Å². The number of ether oxygens (including phenoxy) is 1. The zero-order chi connectivity index (χ0) is 13.2. The Morgan fingerprint density at radius 2 is 2.16 bits per heavy atom. The van der Waals surface area contributed by atoms with Crippen molar-refractivity contribution >= 4 is 5.69 Å². The molecule has 100 valence electrons. The molecular formula is C14H18N4O. The number of hydrogen-bond donors (Lipinski definition) is 1. The fourth-order valence-electron chi connectivity index (χ4n) is 2.48. The maximum Gasteiger partial charge on any atom is 0.156 e. The number of nitrogens with two attached hydrogens (primary N) is 1. The Hall–Kier alpha value is -1.88. The van der Waals surface area contributed by atoms with Gasteiger partial charge >= 0.3 is 0 Å². The summed E-state index contributed by atoms with van der Waals surface area (Å²) in [6, 6.07) is 7.85. The van der Waals surface area contributed by atoms with Gasteiger partial charge in [0.05, 0.1) is 0 Å². The van der Waals surface area contributed by atoms with Crippen LogP contribution in [0.3, 0.4) is 0 Å². The molecule has 1 aromatic carbocycles. The van der Waals surface area contributed by atoms with Crippen molar-refractivity contribution in [2.24, 2.45) is 0 Å². The van der Waals surface area contributed by atoms with Gasteiger partial charge in [-0.1, -0.05) is 12.1 Å². The van der Waals surface area contributed by atoms with E-state index in [2.05, 4.69) is 10.1 Å². The second kappa shape index (κ2) is 5.01. The zero-order valence-corrected chi connectivity index (χ0v) is 11.0. The zero-order valence-electron chi connectivity index (χ0n) is 11.0. The van der Waals surface area contributed by atoms with Crippen LogP contribution in [-0.2, 0) is 17.7 Å². The van der Waals surface area contributed by atoms with Crippen LogP contribution in [0.1, 0.15) is 36.2 Å². The van der Waals surface area contributed by atoms with E-state index in [4.69, 9.17) is 10.5 Å². The van der Waals surface area contributed by atoms with E-state index in [0.717, 1.165) is 43.1 Å². The quantitative estimate of drug-likeness (QED) is 0.854. The van der Waals surface area contributed by atoms with Gasteiger partial charge in [0.15, 0.2) is 11.6 Å². The first-order chi connectivity index (χ1) is 9.26. The molecule has 19 heavy (non-hydrogen) atoms. The molecule has 2 N–H and O–H groups in total. The number of benzene rings is 1. The van der Waals surface area contributed by atoms with Crippen molar-refractivity contribution in [2.75, 3.05) is 12.8 Å². The highest BCUT2D eigenvalue weighted by molar-refractivity contribution is 5.39. The van der Waals surface area contributed by atoms with Crippen molar-refractivity contribution in [3.8, 4) is 0 Å².